The smallest absolute Gasteiger partial charge is 0.414 e. The fraction of sp³-hybridized carbons (Fsp3) is 0.263. The Morgan fingerprint density at radius 1 is 0.896 bits per heavy atom. The Labute approximate surface area is 280 Å². The molecule has 0 aliphatic carbocycles. The van der Waals surface area contributed by atoms with Gasteiger partial charge in [-0.1, -0.05) is 103 Å². The van der Waals surface area contributed by atoms with Crippen LogP contribution in [0.25, 0.3) is 11.1 Å². The van der Waals surface area contributed by atoms with Gasteiger partial charge in [-0.15, -0.1) is 10.2 Å². The van der Waals surface area contributed by atoms with E-state index in [0.29, 0.717) is 38.1 Å². The Hall–Kier alpha value is -5.32. The van der Waals surface area contributed by atoms with Crippen LogP contribution in [0.1, 0.15) is 40.8 Å². The van der Waals surface area contributed by atoms with Crippen LogP contribution in [0.3, 0.4) is 0 Å². The van der Waals surface area contributed by atoms with Crippen molar-refractivity contribution in [1.29, 1.82) is 0 Å². The van der Waals surface area contributed by atoms with Gasteiger partial charge in [-0.05, 0) is 46.7 Å². The maximum Gasteiger partial charge on any atom is 0.414 e. The van der Waals surface area contributed by atoms with Gasteiger partial charge in [0.05, 0.1) is 31.5 Å². The Bertz CT molecular complexity index is 1790. The summed E-state index contributed by atoms with van der Waals surface area (Å²) in [5.74, 6) is 0.948. The van der Waals surface area contributed by atoms with Crippen molar-refractivity contribution in [3.8, 4) is 11.1 Å². The Morgan fingerprint density at radius 2 is 1.58 bits per heavy atom. The molecule has 48 heavy (non-hydrogen) atoms. The second kappa shape index (κ2) is 15.5. The summed E-state index contributed by atoms with van der Waals surface area (Å²) in [4.78, 5) is 30.9. The van der Waals surface area contributed by atoms with Crippen molar-refractivity contribution in [3.63, 3.8) is 0 Å². The summed E-state index contributed by atoms with van der Waals surface area (Å²) in [6, 6.07) is 34.6. The van der Waals surface area contributed by atoms with Crippen molar-refractivity contribution >= 4 is 17.7 Å². The van der Waals surface area contributed by atoms with E-state index in [9.17, 15) is 9.59 Å². The summed E-state index contributed by atoms with van der Waals surface area (Å²) >= 11 is 0. The number of carbonyl (C=O) groups is 2. The van der Waals surface area contributed by atoms with E-state index in [1.807, 2.05) is 97.1 Å². The zero-order chi connectivity index (χ0) is 33.3. The zero-order valence-corrected chi connectivity index (χ0v) is 26.9. The largest absolute Gasteiger partial charge is 0.452 e. The Morgan fingerprint density at radius 3 is 2.27 bits per heavy atom. The first-order valence-corrected chi connectivity index (χ1v) is 16.2. The van der Waals surface area contributed by atoms with Gasteiger partial charge in [0.2, 0.25) is 5.91 Å². The predicted molar refractivity (Wildman–Crippen MR) is 184 cm³/mol. The first-order chi connectivity index (χ1) is 23.5. The van der Waals surface area contributed by atoms with Crippen molar-refractivity contribution in [2.45, 2.75) is 43.9 Å². The van der Waals surface area contributed by atoms with Crippen LogP contribution in [0.4, 0.5) is 10.5 Å². The van der Waals surface area contributed by atoms with Gasteiger partial charge in [-0.25, -0.2) is 4.79 Å². The average Bonchev–Trinajstić information content (AvgIpc) is 3.60. The van der Waals surface area contributed by atoms with E-state index in [-0.39, 0.29) is 18.6 Å². The fourth-order valence-electron chi connectivity index (χ4n) is 6.09. The number of morpholine rings is 1. The van der Waals surface area contributed by atoms with Crippen molar-refractivity contribution < 1.29 is 19.1 Å². The fourth-order valence-corrected chi connectivity index (χ4v) is 6.09. The van der Waals surface area contributed by atoms with E-state index in [1.54, 1.807) is 0 Å². The molecule has 6 rings (SSSR count). The SMILES string of the molecule is COC(=O)N(c1ccccc1CC[C@@H]1CN[C@H](c2nnc(Cc3ccccc3)[nH]2)CO1)[C@@H](Cc1ccc(-c2ccccc2)cc1)C(N)=O. The van der Waals surface area contributed by atoms with Crippen LogP contribution < -0.4 is 16.0 Å². The molecule has 2 amide bonds. The molecule has 1 aliphatic rings. The van der Waals surface area contributed by atoms with E-state index in [1.165, 1.54) is 17.6 Å². The molecule has 0 unspecified atom stereocenters. The summed E-state index contributed by atoms with van der Waals surface area (Å²) in [5.41, 5.74) is 11.6. The maximum atomic E-state index is 13.3. The highest BCUT2D eigenvalue weighted by Gasteiger charge is 2.33. The number of hydrogen-bond acceptors (Lipinski definition) is 7. The van der Waals surface area contributed by atoms with Gasteiger partial charge in [0.25, 0.3) is 0 Å². The molecule has 0 bridgehead atoms. The number of anilines is 1. The first-order valence-electron chi connectivity index (χ1n) is 16.2. The molecule has 0 spiro atoms. The number of H-pyrrole nitrogens is 1. The molecule has 5 aromatic rings. The van der Waals surface area contributed by atoms with E-state index < -0.39 is 18.0 Å². The standard InChI is InChI=1S/C38H40N6O4/c1-47-38(46)44(34(36(39)45)22-27-16-18-29(19-17-27)28-12-6-3-7-13-28)33-15-9-8-14-30(33)20-21-31-24-40-32(25-48-31)37-41-35(42-43-37)23-26-10-4-2-5-11-26/h2-19,31-32,34,40H,20-25H2,1H3,(H2,39,45)(H,41,42,43)/t31-,32+,34+/m1/s1. The molecule has 3 atom stereocenters. The Kier molecular flexibility index (Phi) is 10.5. The monoisotopic (exact) mass is 644 g/mol. The van der Waals surface area contributed by atoms with E-state index in [0.717, 1.165) is 33.9 Å². The second-order valence-electron chi connectivity index (χ2n) is 11.9. The van der Waals surface area contributed by atoms with Gasteiger partial charge in [-0.2, -0.15) is 0 Å². The molecule has 0 radical (unpaired) electrons. The maximum absolute atomic E-state index is 13.3. The number of primary amides is 1. The van der Waals surface area contributed by atoms with Crippen molar-refractivity contribution in [2.24, 2.45) is 5.73 Å². The number of aromatic amines is 1. The molecule has 1 aromatic heterocycles. The number of aryl methyl sites for hydroxylation is 1. The lowest BCUT2D eigenvalue weighted by Gasteiger charge is -2.31. The number of aromatic nitrogens is 3. The molecule has 246 valence electrons. The molecule has 1 fully saturated rings. The van der Waals surface area contributed by atoms with E-state index >= 15 is 0 Å². The lowest BCUT2D eigenvalue weighted by atomic mass is 9.98. The summed E-state index contributed by atoms with van der Waals surface area (Å²) < 4.78 is 11.4. The van der Waals surface area contributed by atoms with Gasteiger partial charge in [0, 0.05) is 19.4 Å². The molecule has 4 aromatic carbocycles. The number of ether oxygens (including phenoxy) is 2. The van der Waals surface area contributed by atoms with Crippen LogP contribution in [0.15, 0.2) is 109 Å². The predicted octanol–water partition coefficient (Wildman–Crippen LogP) is 5.39. The van der Waals surface area contributed by atoms with Crippen molar-refractivity contribution in [1.82, 2.24) is 20.5 Å². The number of nitrogens with two attached hydrogens (primary N) is 1. The molecule has 2 heterocycles. The summed E-state index contributed by atoms with van der Waals surface area (Å²) in [7, 11) is 1.31. The highest BCUT2D eigenvalue weighted by atomic mass is 16.5. The third-order valence-corrected chi connectivity index (χ3v) is 8.67. The molecule has 1 aliphatic heterocycles. The van der Waals surface area contributed by atoms with Gasteiger partial charge in [0.1, 0.15) is 17.7 Å². The summed E-state index contributed by atoms with van der Waals surface area (Å²) in [6.07, 6.45) is 1.53. The number of rotatable bonds is 12. The molecular weight excluding hydrogens is 604 g/mol. The lowest BCUT2D eigenvalue weighted by molar-refractivity contribution is -0.119. The molecule has 10 nitrogen and oxygen atoms in total. The van der Waals surface area contributed by atoms with Gasteiger partial charge in [-0.3, -0.25) is 9.69 Å². The van der Waals surface area contributed by atoms with Crippen LogP contribution in [0, 0.1) is 0 Å². The highest BCUT2D eigenvalue weighted by molar-refractivity contribution is 5.97. The molecule has 1 saturated heterocycles. The van der Waals surface area contributed by atoms with E-state index in [4.69, 9.17) is 15.2 Å². The number of amides is 2. The minimum absolute atomic E-state index is 0.0531. The van der Waals surface area contributed by atoms with Crippen LogP contribution in [0.2, 0.25) is 0 Å². The third-order valence-electron chi connectivity index (χ3n) is 8.67. The highest BCUT2D eigenvalue weighted by Crippen LogP contribution is 2.28. The minimum Gasteiger partial charge on any atom is -0.452 e. The van der Waals surface area contributed by atoms with Crippen LogP contribution in [-0.4, -0.2) is 59.6 Å². The summed E-state index contributed by atoms with van der Waals surface area (Å²) in [6.45, 7) is 1.08. The molecular formula is C38H40N6O4. The number of para-hydroxylation sites is 1. The van der Waals surface area contributed by atoms with Crippen LogP contribution in [-0.2, 0) is 33.5 Å². The third kappa shape index (κ3) is 7.96. The van der Waals surface area contributed by atoms with Crippen molar-refractivity contribution in [2.75, 3.05) is 25.2 Å². The molecule has 4 N–H and O–H groups in total. The Balaban J connectivity index is 1.10. The lowest BCUT2D eigenvalue weighted by Crippen LogP contribution is -2.50. The number of benzene rings is 4. The number of nitrogens with zero attached hydrogens (tertiary/aromatic N) is 3. The number of carbonyl (C=O) groups excluding carboxylic acids is 2. The van der Waals surface area contributed by atoms with Crippen molar-refractivity contribution in [3.05, 3.63) is 138 Å². The zero-order valence-electron chi connectivity index (χ0n) is 26.9. The van der Waals surface area contributed by atoms with Gasteiger partial charge < -0.3 is 25.5 Å². The van der Waals surface area contributed by atoms with E-state index in [2.05, 4.69) is 32.6 Å². The number of methoxy groups -OCH3 is 1. The van der Waals surface area contributed by atoms with Crippen LogP contribution in [0.5, 0.6) is 0 Å². The quantitative estimate of drug-likeness (QED) is 0.166. The molecule has 0 saturated carbocycles. The normalized spacial score (nSPS) is 16.6. The minimum atomic E-state index is -0.955. The van der Waals surface area contributed by atoms with Crippen LogP contribution >= 0.6 is 0 Å². The first kappa shape index (κ1) is 32.6. The second-order valence-corrected chi connectivity index (χ2v) is 11.9. The molecule has 10 heteroatoms. The van der Waals surface area contributed by atoms with Gasteiger partial charge in [0.15, 0.2) is 0 Å². The summed E-state index contributed by atoms with van der Waals surface area (Å²) in [5, 5.41) is 12.2. The average molecular weight is 645 g/mol. The van der Waals surface area contributed by atoms with Gasteiger partial charge >= 0.3 is 6.09 Å². The topological polar surface area (TPSA) is 135 Å². The number of nitrogens with one attached hydrogen (secondary N) is 2. The number of hydrogen-bond donors (Lipinski definition) is 3.